The Bertz CT molecular complexity index is 2280. The van der Waals surface area contributed by atoms with Crippen molar-refractivity contribution in [3.63, 3.8) is 0 Å². The summed E-state index contributed by atoms with van der Waals surface area (Å²) in [5.41, 5.74) is 14.0. The number of anilines is 2. The highest BCUT2D eigenvalue weighted by Gasteiger charge is 2.44. The molecule has 1 aromatic heterocycles. The molecular weight excluding hydrogens is 613 g/mol. The van der Waals surface area contributed by atoms with Crippen LogP contribution in [-0.2, 0) is 5.41 Å². The van der Waals surface area contributed by atoms with Crippen LogP contribution in [0.15, 0.2) is 134 Å². The summed E-state index contributed by atoms with van der Waals surface area (Å²) in [4.78, 5) is 8.31. The molecule has 0 saturated carbocycles. The van der Waals surface area contributed by atoms with Gasteiger partial charge in [0.05, 0.1) is 5.69 Å². The van der Waals surface area contributed by atoms with Gasteiger partial charge in [0.25, 0.3) is 0 Å². The Morgan fingerprint density at radius 2 is 1.57 bits per heavy atom. The highest BCUT2D eigenvalue weighted by Crippen LogP contribution is 2.51. The Balaban J connectivity index is 1.17. The van der Waals surface area contributed by atoms with Crippen molar-refractivity contribution in [3.8, 4) is 11.1 Å². The van der Waals surface area contributed by atoms with E-state index in [-0.39, 0.29) is 12.1 Å². The van der Waals surface area contributed by atoms with Gasteiger partial charge in [0, 0.05) is 41.1 Å². The molecule has 0 spiro atoms. The third-order valence-corrected chi connectivity index (χ3v) is 14.0. The fourth-order valence-electron chi connectivity index (χ4n) is 8.47. The molecule has 0 amide bonds. The van der Waals surface area contributed by atoms with Gasteiger partial charge in [0.1, 0.15) is 0 Å². The minimum atomic E-state index is -0.0678. The SMILES string of the molecule is CC1(C)c2ccc(-c3cccc4ccsc34)cc2B2c3ccc(N4C5=C(CCCC5)Sc5ccccc54)cc3Sc3cccc1c32. The van der Waals surface area contributed by atoms with Gasteiger partial charge in [-0.1, -0.05) is 120 Å². The van der Waals surface area contributed by atoms with Crippen LogP contribution in [0.4, 0.5) is 11.4 Å². The van der Waals surface area contributed by atoms with Gasteiger partial charge in [-0.15, -0.1) is 11.3 Å². The Morgan fingerprint density at radius 1 is 0.696 bits per heavy atom. The molecule has 222 valence electrons. The topological polar surface area (TPSA) is 3.24 Å². The summed E-state index contributed by atoms with van der Waals surface area (Å²) in [7, 11) is 0. The van der Waals surface area contributed by atoms with Crippen molar-refractivity contribution in [2.45, 2.75) is 59.6 Å². The fourth-order valence-corrected chi connectivity index (χ4v) is 11.8. The van der Waals surface area contributed by atoms with Crippen LogP contribution in [0.5, 0.6) is 0 Å². The minimum absolute atomic E-state index is 0.0678. The molecule has 6 aromatic rings. The lowest BCUT2D eigenvalue weighted by Crippen LogP contribution is -2.62. The molecule has 0 saturated heterocycles. The van der Waals surface area contributed by atoms with Gasteiger partial charge in [-0.2, -0.15) is 0 Å². The first-order chi connectivity index (χ1) is 22.6. The summed E-state index contributed by atoms with van der Waals surface area (Å²) < 4.78 is 1.37. The standard InChI is InChI=1S/C41H32BNS3/c1-41(2)29-19-17-26(28-10-7-9-25-21-22-44-40(25)28)23-32(29)42-31-20-18-27(24-38(31)46-37-16-8-11-30(41)39(37)42)43-33-12-3-5-14-35(33)45-36-15-6-4-13-34(36)43/h3,5,7-12,14,16-24H,4,6,13,15H2,1-2H3. The van der Waals surface area contributed by atoms with Crippen LogP contribution in [0.25, 0.3) is 21.2 Å². The van der Waals surface area contributed by atoms with Crippen molar-refractivity contribution >= 4 is 79.4 Å². The summed E-state index contributed by atoms with van der Waals surface area (Å²) >= 11 is 5.82. The fraction of sp³-hybridized carbons (Fsp3) is 0.171. The molecule has 5 aromatic carbocycles. The zero-order valence-corrected chi connectivity index (χ0v) is 28.4. The third kappa shape index (κ3) is 3.92. The second kappa shape index (κ2) is 10.2. The molecule has 0 fully saturated rings. The number of nitrogens with zero attached hydrogens (tertiary/aromatic N) is 1. The van der Waals surface area contributed by atoms with E-state index in [1.807, 2.05) is 34.9 Å². The summed E-state index contributed by atoms with van der Waals surface area (Å²) in [6.07, 6.45) is 4.90. The Morgan fingerprint density at radius 3 is 2.52 bits per heavy atom. The van der Waals surface area contributed by atoms with Gasteiger partial charge in [-0.25, -0.2) is 0 Å². The number of hydrogen-bond acceptors (Lipinski definition) is 4. The van der Waals surface area contributed by atoms with Crippen LogP contribution in [0.2, 0.25) is 0 Å². The first-order valence-corrected chi connectivity index (χ1v) is 18.9. The maximum atomic E-state index is 2.59. The number of hydrogen-bond donors (Lipinski definition) is 0. The van der Waals surface area contributed by atoms with E-state index in [9.17, 15) is 0 Å². The predicted octanol–water partition coefficient (Wildman–Crippen LogP) is 10.2. The normalized spacial score (nSPS) is 17.3. The van der Waals surface area contributed by atoms with Crippen molar-refractivity contribution in [1.29, 1.82) is 0 Å². The van der Waals surface area contributed by atoms with Crippen molar-refractivity contribution in [2.75, 3.05) is 4.90 Å². The van der Waals surface area contributed by atoms with E-state index in [4.69, 9.17) is 0 Å². The molecule has 1 nitrogen and oxygen atoms in total. The van der Waals surface area contributed by atoms with E-state index in [0.717, 1.165) is 6.42 Å². The van der Waals surface area contributed by atoms with Gasteiger partial charge in [-0.3, -0.25) is 0 Å². The van der Waals surface area contributed by atoms with Crippen LogP contribution < -0.4 is 21.3 Å². The second-order valence-electron chi connectivity index (χ2n) is 13.5. The van der Waals surface area contributed by atoms with Crippen molar-refractivity contribution in [3.05, 3.63) is 130 Å². The molecule has 1 aliphatic carbocycles. The Kier molecular flexibility index (Phi) is 6.08. The second-order valence-corrected chi connectivity index (χ2v) is 16.7. The van der Waals surface area contributed by atoms with Crippen LogP contribution in [0, 0.1) is 0 Å². The van der Waals surface area contributed by atoms with E-state index in [0.29, 0.717) is 0 Å². The number of para-hydroxylation sites is 1. The molecule has 0 N–H and O–H groups in total. The highest BCUT2D eigenvalue weighted by atomic mass is 32.2. The summed E-state index contributed by atoms with van der Waals surface area (Å²) in [5.74, 6) is 0. The molecule has 3 aliphatic heterocycles. The number of thiophene rings is 1. The van der Waals surface area contributed by atoms with Crippen LogP contribution >= 0.6 is 34.9 Å². The molecule has 5 heteroatoms. The first kappa shape index (κ1) is 27.5. The molecular formula is C41H32BNS3. The van der Waals surface area contributed by atoms with Gasteiger partial charge in [0.2, 0.25) is 6.71 Å². The lowest BCUT2D eigenvalue weighted by atomic mass is 9.31. The van der Waals surface area contributed by atoms with E-state index in [2.05, 4.69) is 127 Å². The number of fused-ring (bicyclic) bond motifs is 6. The number of thioether (sulfide) groups is 1. The molecule has 4 aliphatic rings. The average molecular weight is 646 g/mol. The molecule has 0 bridgehead atoms. The zero-order valence-electron chi connectivity index (χ0n) is 26.0. The van der Waals surface area contributed by atoms with E-state index < -0.39 is 0 Å². The highest BCUT2D eigenvalue weighted by molar-refractivity contribution is 8.03. The third-order valence-electron chi connectivity index (χ3n) is 10.6. The van der Waals surface area contributed by atoms with Crippen LogP contribution in [0.1, 0.15) is 50.7 Å². The quantitative estimate of drug-likeness (QED) is 0.172. The first-order valence-electron chi connectivity index (χ1n) is 16.4. The maximum absolute atomic E-state index is 2.59. The minimum Gasteiger partial charge on any atom is -0.312 e. The Labute approximate surface area is 283 Å². The molecule has 46 heavy (non-hydrogen) atoms. The molecule has 0 unspecified atom stereocenters. The van der Waals surface area contributed by atoms with Crippen LogP contribution in [-0.4, -0.2) is 6.71 Å². The molecule has 0 atom stereocenters. The smallest absolute Gasteiger partial charge is 0.244 e. The summed E-state index contributed by atoms with van der Waals surface area (Å²) in [5, 5.41) is 3.55. The van der Waals surface area contributed by atoms with Crippen molar-refractivity contribution in [2.24, 2.45) is 0 Å². The molecule has 4 heterocycles. The molecule has 0 radical (unpaired) electrons. The van der Waals surface area contributed by atoms with Crippen molar-refractivity contribution < 1.29 is 0 Å². The lowest BCUT2D eigenvalue weighted by Gasteiger charge is -2.42. The van der Waals surface area contributed by atoms with E-state index in [1.54, 1.807) is 4.91 Å². The average Bonchev–Trinajstić information content (AvgIpc) is 3.58. The monoisotopic (exact) mass is 645 g/mol. The van der Waals surface area contributed by atoms with E-state index >= 15 is 0 Å². The zero-order chi connectivity index (χ0) is 30.6. The summed E-state index contributed by atoms with van der Waals surface area (Å²) in [6, 6.07) is 39.7. The van der Waals surface area contributed by atoms with Crippen molar-refractivity contribution in [1.82, 2.24) is 0 Å². The predicted molar refractivity (Wildman–Crippen MR) is 201 cm³/mol. The number of rotatable bonds is 2. The van der Waals surface area contributed by atoms with Gasteiger partial charge >= 0.3 is 0 Å². The molecule has 10 rings (SSSR count). The van der Waals surface area contributed by atoms with Gasteiger partial charge in [-0.05, 0) is 95.1 Å². The largest absolute Gasteiger partial charge is 0.312 e. The lowest BCUT2D eigenvalue weighted by molar-refractivity contribution is 0.644. The Hall–Kier alpha value is -3.64. The van der Waals surface area contributed by atoms with Gasteiger partial charge in [0.15, 0.2) is 0 Å². The summed E-state index contributed by atoms with van der Waals surface area (Å²) in [6.45, 7) is 5.06. The van der Waals surface area contributed by atoms with Crippen LogP contribution in [0.3, 0.4) is 0 Å². The van der Waals surface area contributed by atoms with Gasteiger partial charge < -0.3 is 4.90 Å². The maximum Gasteiger partial charge on any atom is 0.244 e. The number of benzene rings is 5. The number of allylic oxidation sites excluding steroid dienone is 2. The van der Waals surface area contributed by atoms with E-state index in [1.165, 1.54) is 99.7 Å².